The Bertz CT molecular complexity index is 261. The summed E-state index contributed by atoms with van der Waals surface area (Å²) in [5.74, 6) is 0.0744. The SMILES string of the molecule is CN1CCCC(NC(=O)C2(N)CCCC2)C1. The number of carbonyl (C=O) groups is 1. The lowest BCUT2D eigenvalue weighted by Crippen LogP contribution is -2.57. The number of likely N-dealkylation sites (tertiary alicyclic amines) is 1. The summed E-state index contributed by atoms with van der Waals surface area (Å²) in [6.07, 6.45) is 6.14. The van der Waals surface area contributed by atoms with Gasteiger partial charge in [0.2, 0.25) is 5.91 Å². The van der Waals surface area contributed by atoms with E-state index in [2.05, 4.69) is 17.3 Å². The van der Waals surface area contributed by atoms with Gasteiger partial charge in [0.1, 0.15) is 0 Å². The maximum atomic E-state index is 12.1. The van der Waals surface area contributed by atoms with Crippen LogP contribution >= 0.6 is 0 Å². The van der Waals surface area contributed by atoms with Crippen molar-refractivity contribution in [3.05, 3.63) is 0 Å². The van der Waals surface area contributed by atoms with Gasteiger partial charge in [0, 0.05) is 12.6 Å². The van der Waals surface area contributed by atoms with Crippen LogP contribution in [0.3, 0.4) is 0 Å². The van der Waals surface area contributed by atoms with Crippen molar-refractivity contribution in [2.75, 3.05) is 20.1 Å². The summed E-state index contributed by atoms with van der Waals surface area (Å²) in [6.45, 7) is 2.10. The number of amides is 1. The summed E-state index contributed by atoms with van der Waals surface area (Å²) in [5, 5.41) is 3.13. The number of hydrogen-bond acceptors (Lipinski definition) is 3. The van der Waals surface area contributed by atoms with Gasteiger partial charge < -0.3 is 16.0 Å². The van der Waals surface area contributed by atoms with E-state index in [9.17, 15) is 4.79 Å². The first-order valence-electron chi connectivity index (χ1n) is 6.38. The lowest BCUT2D eigenvalue weighted by Gasteiger charge is -2.33. The van der Waals surface area contributed by atoms with Crippen molar-refractivity contribution >= 4 is 5.91 Å². The van der Waals surface area contributed by atoms with E-state index in [0.717, 1.165) is 45.2 Å². The van der Waals surface area contributed by atoms with E-state index in [1.807, 2.05) is 0 Å². The van der Waals surface area contributed by atoms with E-state index in [1.54, 1.807) is 0 Å². The monoisotopic (exact) mass is 225 g/mol. The molecule has 0 aromatic rings. The molecule has 0 aromatic carbocycles. The highest BCUT2D eigenvalue weighted by Gasteiger charge is 2.38. The highest BCUT2D eigenvalue weighted by atomic mass is 16.2. The Morgan fingerprint density at radius 1 is 1.38 bits per heavy atom. The number of carbonyl (C=O) groups excluding carboxylic acids is 1. The predicted octanol–water partition coefficient (Wildman–Crippen LogP) is 0.468. The van der Waals surface area contributed by atoms with Gasteiger partial charge in [-0.25, -0.2) is 0 Å². The van der Waals surface area contributed by atoms with Crippen LogP contribution in [0.2, 0.25) is 0 Å². The number of nitrogens with two attached hydrogens (primary N) is 1. The number of rotatable bonds is 2. The third-order valence-electron chi connectivity index (χ3n) is 3.91. The molecule has 4 heteroatoms. The van der Waals surface area contributed by atoms with Crippen LogP contribution in [0.4, 0.5) is 0 Å². The summed E-state index contributed by atoms with van der Waals surface area (Å²) in [6, 6.07) is 0.298. The quantitative estimate of drug-likeness (QED) is 0.718. The van der Waals surface area contributed by atoms with Gasteiger partial charge in [-0.2, -0.15) is 0 Å². The van der Waals surface area contributed by atoms with Crippen LogP contribution in [-0.4, -0.2) is 42.5 Å². The average molecular weight is 225 g/mol. The topological polar surface area (TPSA) is 58.4 Å². The van der Waals surface area contributed by atoms with E-state index >= 15 is 0 Å². The molecule has 4 nitrogen and oxygen atoms in total. The first-order chi connectivity index (χ1) is 7.60. The molecule has 1 saturated carbocycles. The molecule has 1 saturated heterocycles. The third kappa shape index (κ3) is 2.55. The Kier molecular flexibility index (Phi) is 3.50. The van der Waals surface area contributed by atoms with Crippen LogP contribution in [0, 0.1) is 0 Å². The van der Waals surface area contributed by atoms with Gasteiger partial charge >= 0.3 is 0 Å². The summed E-state index contributed by atoms with van der Waals surface area (Å²) in [7, 11) is 2.10. The maximum absolute atomic E-state index is 12.1. The zero-order chi connectivity index (χ0) is 11.6. The lowest BCUT2D eigenvalue weighted by atomic mass is 9.96. The van der Waals surface area contributed by atoms with Crippen molar-refractivity contribution in [1.82, 2.24) is 10.2 Å². The number of nitrogens with one attached hydrogen (secondary N) is 1. The van der Waals surface area contributed by atoms with Crippen molar-refractivity contribution in [1.29, 1.82) is 0 Å². The van der Waals surface area contributed by atoms with Gasteiger partial charge in [0.25, 0.3) is 0 Å². The van der Waals surface area contributed by atoms with Crippen LogP contribution in [0.25, 0.3) is 0 Å². The molecule has 1 unspecified atom stereocenters. The zero-order valence-electron chi connectivity index (χ0n) is 10.2. The smallest absolute Gasteiger partial charge is 0.240 e. The van der Waals surface area contributed by atoms with Gasteiger partial charge in [-0.05, 0) is 39.3 Å². The number of hydrogen-bond donors (Lipinski definition) is 2. The van der Waals surface area contributed by atoms with Gasteiger partial charge in [-0.15, -0.1) is 0 Å². The molecule has 92 valence electrons. The molecule has 1 atom stereocenters. The normalized spacial score (nSPS) is 30.2. The molecule has 0 radical (unpaired) electrons. The van der Waals surface area contributed by atoms with E-state index in [0.29, 0.717) is 6.04 Å². The molecule has 1 aliphatic carbocycles. The third-order valence-corrected chi connectivity index (χ3v) is 3.91. The molecule has 1 heterocycles. The molecule has 16 heavy (non-hydrogen) atoms. The second kappa shape index (κ2) is 4.72. The predicted molar refractivity (Wildman–Crippen MR) is 64.0 cm³/mol. The summed E-state index contributed by atoms with van der Waals surface area (Å²) >= 11 is 0. The Morgan fingerprint density at radius 2 is 2.06 bits per heavy atom. The molecule has 1 amide bonds. The summed E-state index contributed by atoms with van der Waals surface area (Å²) in [5.41, 5.74) is 5.56. The van der Waals surface area contributed by atoms with Gasteiger partial charge in [-0.1, -0.05) is 12.8 Å². The second-order valence-corrected chi connectivity index (χ2v) is 5.44. The van der Waals surface area contributed by atoms with Crippen LogP contribution in [-0.2, 0) is 4.79 Å². The average Bonchev–Trinajstić information content (AvgIpc) is 2.66. The van der Waals surface area contributed by atoms with Crippen molar-refractivity contribution < 1.29 is 4.79 Å². The molecule has 1 aliphatic heterocycles. The second-order valence-electron chi connectivity index (χ2n) is 5.44. The van der Waals surface area contributed by atoms with Crippen molar-refractivity contribution in [3.8, 4) is 0 Å². The Hall–Kier alpha value is -0.610. The molecule has 0 bridgehead atoms. The van der Waals surface area contributed by atoms with E-state index in [4.69, 9.17) is 5.73 Å². The van der Waals surface area contributed by atoms with Crippen LogP contribution in [0.5, 0.6) is 0 Å². The van der Waals surface area contributed by atoms with Crippen molar-refractivity contribution in [3.63, 3.8) is 0 Å². The molecule has 3 N–H and O–H groups in total. The molecular weight excluding hydrogens is 202 g/mol. The van der Waals surface area contributed by atoms with Crippen LogP contribution in [0.15, 0.2) is 0 Å². The number of nitrogens with zero attached hydrogens (tertiary/aromatic N) is 1. The maximum Gasteiger partial charge on any atom is 0.240 e. The van der Waals surface area contributed by atoms with Gasteiger partial charge in [0.15, 0.2) is 0 Å². The largest absolute Gasteiger partial charge is 0.350 e. The summed E-state index contributed by atoms with van der Waals surface area (Å²) < 4.78 is 0. The van der Waals surface area contributed by atoms with E-state index < -0.39 is 5.54 Å². The first kappa shape index (κ1) is 11.9. The molecule has 0 spiro atoms. The van der Waals surface area contributed by atoms with E-state index in [1.165, 1.54) is 6.42 Å². The van der Waals surface area contributed by atoms with Crippen LogP contribution < -0.4 is 11.1 Å². The highest BCUT2D eigenvalue weighted by Crippen LogP contribution is 2.27. The van der Waals surface area contributed by atoms with E-state index in [-0.39, 0.29) is 5.91 Å². The fourth-order valence-electron chi connectivity index (χ4n) is 2.85. The van der Waals surface area contributed by atoms with Crippen molar-refractivity contribution in [2.45, 2.75) is 50.1 Å². The molecule has 0 aromatic heterocycles. The minimum atomic E-state index is -0.573. The number of likely N-dealkylation sites (N-methyl/N-ethyl adjacent to an activating group) is 1. The lowest BCUT2D eigenvalue weighted by molar-refractivity contribution is -0.127. The summed E-state index contributed by atoms with van der Waals surface area (Å²) in [4.78, 5) is 14.4. The van der Waals surface area contributed by atoms with Crippen molar-refractivity contribution in [2.24, 2.45) is 5.73 Å². The standard InChI is InChI=1S/C12H23N3O/c1-15-8-4-5-10(9-15)14-11(16)12(13)6-2-3-7-12/h10H,2-9,13H2,1H3,(H,14,16). The fraction of sp³-hybridized carbons (Fsp3) is 0.917. The molecule has 2 fully saturated rings. The Morgan fingerprint density at radius 3 is 2.69 bits per heavy atom. The Labute approximate surface area is 97.6 Å². The molecular formula is C12H23N3O. The Balaban J connectivity index is 1.86. The van der Waals surface area contributed by atoms with Crippen LogP contribution in [0.1, 0.15) is 38.5 Å². The first-order valence-corrected chi connectivity index (χ1v) is 6.38. The zero-order valence-corrected chi connectivity index (χ0v) is 10.2. The minimum absolute atomic E-state index is 0.0744. The number of piperidine rings is 1. The van der Waals surface area contributed by atoms with Gasteiger partial charge in [-0.3, -0.25) is 4.79 Å². The minimum Gasteiger partial charge on any atom is -0.350 e. The molecule has 2 rings (SSSR count). The molecule has 2 aliphatic rings. The fourth-order valence-corrected chi connectivity index (χ4v) is 2.85. The highest BCUT2D eigenvalue weighted by molar-refractivity contribution is 5.86. The van der Waals surface area contributed by atoms with Gasteiger partial charge in [0.05, 0.1) is 5.54 Å².